The molecule has 3 nitrogen and oxygen atoms in total. The molecule has 0 saturated carbocycles. The van der Waals surface area contributed by atoms with E-state index in [4.69, 9.17) is 9.47 Å². The van der Waals surface area contributed by atoms with E-state index in [1.807, 2.05) is 0 Å². The molecule has 0 bridgehead atoms. The van der Waals surface area contributed by atoms with E-state index in [2.05, 4.69) is 26.1 Å². The molecule has 98 valence electrons. The Morgan fingerprint density at radius 2 is 1.75 bits per heavy atom. The Kier molecular flexibility index (Phi) is 11.3. The van der Waals surface area contributed by atoms with Crippen LogP contribution in [0.1, 0.15) is 40.0 Å². The molecule has 0 aromatic rings. The first kappa shape index (κ1) is 15.9. The smallest absolute Gasteiger partial charge is 0.0591 e. The minimum Gasteiger partial charge on any atom is -0.385 e. The molecule has 3 heteroatoms. The summed E-state index contributed by atoms with van der Waals surface area (Å²) in [6.07, 6.45) is 3.48. The third kappa shape index (κ3) is 8.08. The Morgan fingerprint density at radius 3 is 2.31 bits per heavy atom. The molecule has 0 radical (unpaired) electrons. The van der Waals surface area contributed by atoms with Crippen LogP contribution < -0.4 is 5.32 Å². The van der Waals surface area contributed by atoms with Crippen molar-refractivity contribution in [2.75, 3.05) is 33.5 Å². The first-order valence-electron chi connectivity index (χ1n) is 6.56. The molecule has 16 heavy (non-hydrogen) atoms. The molecule has 0 aromatic carbocycles. The van der Waals surface area contributed by atoms with E-state index in [9.17, 15) is 0 Å². The van der Waals surface area contributed by atoms with E-state index in [-0.39, 0.29) is 0 Å². The summed E-state index contributed by atoms with van der Waals surface area (Å²) >= 11 is 0. The van der Waals surface area contributed by atoms with Gasteiger partial charge in [0.2, 0.25) is 0 Å². The summed E-state index contributed by atoms with van der Waals surface area (Å²) < 4.78 is 10.4. The summed E-state index contributed by atoms with van der Waals surface area (Å²) in [7, 11) is 1.72. The van der Waals surface area contributed by atoms with Crippen molar-refractivity contribution in [2.24, 2.45) is 5.92 Å². The van der Waals surface area contributed by atoms with Gasteiger partial charge in [0.15, 0.2) is 0 Å². The van der Waals surface area contributed by atoms with Crippen LogP contribution in [0.2, 0.25) is 0 Å². The lowest BCUT2D eigenvalue weighted by atomic mass is 9.96. The van der Waals surface area contributed by atoms with Gasteiger partial charge in [-0.25, -0.2) is 0 Å². The zero-order valence-corrected chi connectivity index (χ0v) is 11.4. The third-order valence-electron chi connectivity index (χ3n) is 3.11. The lowest BCUT2D eigenvalue weighted by Crippen LogP contribution is -2.35. The van der Waals surface area contributed by atoms with Gasteiger partial charge in [-0.15, -0.1) is 0 Å². The fraction of sp³-hybridized carbons (Fsp3) is 1.00. The largest absolute Gasteiger partial charge is 0.385 e. The van der Waals surface area contributed by atoms with Crippen LogP contribution in [0, 0.1) is 5.92 Å². The Hall–Kier alpha value is -0.120. The topological polar surface area (TPSA) is 30.5 Å². The molecule has 1 unspecified atom stereocenters. The van der Waals surface area contributed by atoms with Gasteiger partial charge in [-0.3, -0.25) is 0 Å². The summed E-state index contributed by atoms with van der Waals surface area (Å²) in [5, 5.41) is 3.52. The van der Waals surface area contributed by atoms with Crippen LogP contribution in [0.25, 0.3) is 0 Å². The molecular formula is C13H29NO2. The van der Waals surface area contributed by atoms with E-state index in [1.165, 1.54) is 12.8 Å². The second-order valence-electron chi connectivity index (χ2n) is 4.28. The zero-order valence-electron chi connectivity index (χ0n) is 11.4. The van der Waals surface area contributed by atoms with Crippen molar-refractivity contribution in [1.82, 2.24) is 5.32 Å². The fourth-order valence-electron chi connectivity index (χ4n) is 1.93. The van der Waals surface area contributed by atoms with Crippen LogP contribution >= 0.6 is 0 Å². The maximum atomic E-state index is 5.49. The van der Waals surface area contributed by atoms with Crippen molar-refractivity contribution >= 4 is 0 Å². The van der Waals surface area contributed by atoms with Crippen molar-refractivity contribution < 1.29 is 9.47 Å². The highest BCUT2D eigenvalue weighted by atomic mass is 16.5. The number of methoxy groups -OCH3 is 1. The van der Waals surface area contributed by atoms with Gasteiger partial charge >= 0.3 is 0 Å². The van der Waals surface area contributed by atoms with Crippen LogP contribution in [0.3, 0.4) is 0 Å². The first-order valence-corrected chi connectivity index (χ1v) is 6.56. The Morgan fingerprint density at radius 1 is 1.06 bits per heavy atom. The first-order chi connectivity index (χ1) is 7.76. The highest BCUT2D eigenvalue weighted by Crippen LogP contribution is 2.11. The summed E-state index contributed by atoms with van der Waals surface area (Å²) in [5.41, 5.74) is 0. The maximum Gasteiger partial charge on any atom is 0.0591 e. The molecule has 0 saturated heterocycles. The Labute approximate surface area is 101 Å². The summed E-state index contributed by atoms with van der Waals surface area (Å²) in [6, 6.07) is 0.595. The lowest BCUT2D eigenvalue weighted by molar-refractivity contribution is 0.102. The van der Waals surface area contributed by atoms with Crippen molar-refractivity contribution in [1.29, 1.82) is 0 Å². The van der Waals surface area contributed by atoms with E-state index in [0.29, 0.717) is 6.04 Å². The molecule has 0 aliphatic heterocycles. The average Bonchev–Trinajstić information content (AvgIpc) is 2.29. The van der Waals surface area contributed by atoms with Gasteiger partial charge in [-0.1, -0.05) is 26.7 Å². The van der Waals surface area contributed by atoms with E-state index in [0.717, 1.165) is 38.7 Å². The minimum atomic E-state index is 0.595. The Bertz CT molecular complexity index is 138. The lowest BCUT2D eigenvalue weighted by Gasteiger charge is -2.22. The van der Waals surface area contributed by atoms with Crippen LogP contribution in [-0.4, -0.2) is 39.5 Å². The molecule has 0 spiro atoms. The molecule has 0 aliphatic carbocycles. The predicted molar refractivity (Wildman–Crippen MR) is 68.8 cm³/mol. The van der Waals surface area contributed by atoms with Crippen LogP contribution in [0.4, 0.5) is 0 Å². The molecule has 1 N–H and O–H groups in total. The standard InChI is InChI=1S/C13H29NO2/c1-5-13(6-2)12(3)14-8-11-16-10-7-9-15-4/h12-14H,5-11H2,1-4H3. The third-order valence-corrected chi connectivity index (χ3v) is 3.11. The Balaban J connectivity index is 3.30. The van der Waals surface area contributed by atoms with Crippen molar-refractivity contribution in [3.63, 3.8) is 0 Å². The van der Waals surface area contributed by atoms with E-state index >= 15 is 0 Å². The van der Waals surface area contributed by atoms with Gasteiger partial charge in [-0.2, -0.15) is 0 Å². The van der Waals surface area contributed by atoms with Crippen LogP contribution in [0.5, 0.6) is 0 Å². The summed E-state index contributed by atoms with van der Waals surface area (Å²) in [6.45, 7) is 10.1. The molecule has 0 heterocycles. The average molecular weight is 231 g/mol. The number of rotatable bonds is 11. The highest BCUT2D eigenvalue weighted by Gasteiger charge is 2.11. The van der Waals surface area contributed by atoms with Gasteiger partial charge in [0.1, 0.15) is 0 Å². The minimum absolute atomic E-state index is 0.595. The monoisotopic (exact) mass is 231 g/mol. The molecule has 0 rings (SSSR count). The number of hydrogen-bond acceptors (Lipinski definition) is 3. The van der Waals surface area contributed by atoms with Gasteiger partial charge in [0.05, 0.1) is 6.61 Å². The van der Waals surface area contributed by atoms with E-state index < -0.39 is 0 Å². The summed E-state index contributed by atoms with van der Waals surface area (Å²) in [5.74, 6) is 0.786. The molecule has 0 amide bonds. The quantitative estimate of drug-likeness (QED) is 0.554. The van der Waals surface area contributed by atoms with Crippen molar-refractivity contribution in [2.45, 2.75) is 46.1 Å². The maximum absolute atomic E-state index is 5.49. The number of hydrogen-bond donors (Lipinski definition) is 1. The van der Waals surface area contributed by atoms with Crippen LogP contribution in [-0.2, 0) is 9.47 Å². The molecular weight excluding hydrogens is 202 g/mol. The van der Waals surface area contributed by atoms with Gasteiger partial charge in [0.25, 0.3) is 0 Å². The van der Waals surface area contributed by atoms with Crippen LogP contribution in [0.15, 0.2) is 0 Å². The van der Waals surface area contributed by atoms with Crippen molar-refractivity contribution in [3.8, 4) is 0 Å². The van der Waals surface area contributed by atoms with Gasteiger partial charge in [0, 0.05) is 32.9 Å². The van der Waals surface area contributed by atoms with Gasteiger partial charge in [-0.05, 0) is 19.3 Å². The van der Waals surface area contributed by atoms with Gasteiger partial charge < -0.3 is 14.8 Å². The second-order valence-corrected chi connectivity index (χ2v) is 4.28. The number of ether oxygens (including phenoxy) is 2. The molecule has 0 aliphatic rings. The van der Waals surface area contributed by atoms with Crippen molar-refractivity contribution in [3.05, 3.63) is 0 Å². The van der Waals surface area contributed by atoms with E-state index in [1.54, 1.807) is 7.11 Å². The number of nitrogens with one attached hydrogen (secondary N) is 1. The summed E-state index contributed by atoms with van der Waals surface area (Å²) in [4.78, 5) is 0. The predicted octanol–water partition coefficient (Wildman–Crippen LogP) is 2.45. The molecule has 1 atom stereocenters. The fourth-order valence-corrected chi connectivity index (χ4v) is 1.93. The molecule has 0 aromatic heterocycles. The SMILES string of the molecule is CCC(CC)C(C)NCCOCCCOC. The highest BCUT2D eigenvalue weighted by molar-refractivity contribution is 4.69. The zero-order chi connectivity index (χ0) is 12.2. The second kappa shape index (κ2) is 11.4. The normalized spacial score (nSPS) is 13.3. The molecule has 0 fully saturated rings.